The fourth-order valence-corrected chi connectivity index (χ4v) is 3.46. The number of aryl methyl sites for hydroxylation is 1. The van der Waals surface area contributed by atoms with Gasteiger partial charge in [0.05, 0.1) is 0 Å². The molecule has 1 atom stereocenters. The smallest absolute Gasteiger partial charge is 0.0497 e. The van der Waals surface area contributed by atoms with E-state index in [9.17, 15) is 0 Å². The molecular weight excluding hydrogens is 232 g/mol. The van der Waals surface area contributed by atoms with E-state index in [-0.39, 0.29) is 0 Å². The van der Waals surface area contributed by atoms with Gasteiger partial charge in [-0.15, -0.1) is 0 Å². The zero-order valence-corrected chi connectivity index (χ0v) is 11.4. The van der Waals surface area contributed by atoms with Crippen molar-refractivity contribution in [3.8, 4) is 0 Å². The maximum absolute atomic E-state index is 3.59. The van der Waals surface area contributed by atoms with Crippen LogP contribution in [0, 0.1) is 6.92 Å². The standard InChI is InChI=1S/C17H18N2/c1-10-12-7-8-18-11(2)14(12)9-15-13-5-3-4-6-16(13)19-17(10)15/h3-6,9,11,18-19H,7-8H2,1-2H3. The highest BCUT2D eigenvalue weighted by Gasteiger charge is 2.20. The van der Waals surface area contributed by atoms with Crippen LogP contribution in [-0.4, -0.2) is 11.5 Å². The van der Waals surface area contributed by atoms with E-state index in [1.807, 2.05) is 0 Å². The molecule has 19 heavy (non-hydrogen) atoms. The Hall–Kier alpha value is -1.80. The number of aromatic amines is 1. The van der Waals surface area contributed by atoms with Crippen molar-refractivity contribution >= 4 is 21.8 Å². The Kier molecular flexibility index (Phi) is 2.24. The Labute approximate surface area is 112 Å². The molecule has 2 heteroatoms. The highest BCUT2D eigenvalue weighted by molar-refractivity contribution is 6.08. The van der Waals surface area contributed by atoms with Crippen LogP contribution in [0.3, 0.4) is 0 Å². The van der Waals surface area contributed by atoms with Crippen molar-refractivity contribution in [1.29, 1.82) is 0 Å². The third-order valence-electron chi connectivity index (χ3n) is 4.51. The van der Waals surface area contributed by atoms with Crippen molar-refractivity contribution in [2.45, 2.75) is 26.3 Å². The van der Waals surface area contributed by atoms with E-state index in [1.165, 1.54) is 38.5 Å². The molecule has 0 saturated carbocycles. The van der Waals surface area contributed by atoms with Gasteiger partial charge in [0, 0.05) is 27.8 Å². The average molecular weight is 250 g/mol. The van der Waals surface area contributed by atoms with Crippen LogP contribution < -0.4 is 5.32 Å². The Morgan fingerprint density at radius 3 is 2.89 bits per heavy atom. The number of benzene rings is 2. The van der Waals surface area contributed by atoms with E-state index >= 15 is 0 Å². The maximum Gasteiger partial charge on any atom is 0.0497 e. The monoisotopic (exact) mass is 250 g/mol. The van der Waals surface area contributed by atoms with Crippen LogP contribution in [0.2, 0.25) is 0 Å². The molecule has 1 unspecified atom stereocenters. The van der Waals surface area contributed by atoms with E-state index in [2.05, 4.69) is 54.5 Å². The number of hydrogen-bond acceptors (Lipinski definition) is 1. The Morgan fingerprint density at radius 2 is 2.00 bits per heavy atom. The summed E-state index contributed by atoms with van der Waals surface area (Å²) in [5.74, 6) is 0. The number of para-hydroxylation sites is 1. The van der Waals surface area contributed by atoms with Crippen molar-refractivity contribution in [1.82, 2.24) is 10.3 Å². The summed E-state index contributed by atoms with van der Waals surface area (Å²) in [6, 6.07) is 11.4. The molecule has 0 fully saturated rings. The van der Waals surface area contributed by atoms with Gasteiger partial charge in [-0.25, -0.2) is 0 Å². The molecule has 1 aliphatic rings. The number of aromatic nitrogens is 1. The fraction of sp³-hybridized carbons (Fsp3) is 0.294. The zero-order valence-electron chi connectivity index (χ0n) is 11.4. The topological polar surface area (TPSA) is 27.8 Å². The summed E-state index contributed by atoms with van der Waals surface area (Å²) in [7, 11) is 0. The van der Waals surface area contributed by atoms with Gasteiger partial charge in [-0.2, -0.15) is 0 Å². The summed E-state index contributed by atoms with van der Waals surface area (Å²) in [6.07, 6.45) is 1.14. The van der Waals surface area contributed by atoms with Crippen LogP contribution in [0.1, 0.15) is 29.7 Å². The van der Waals surface area contributed by atoms with Gasteiger partial charge in [-0.1, -0.05) is 18.2 Å². The first kappa shape index (κ1) is 11.1. The highest BCUT2D eigenvalue weighted by Crippen LogP contribution is 2.35. The van der Waals surface area contributed by atoms with Crippen LogP contribution in [0.5, 0.6) is 0 Å². The summed E-state index contributed by atoms with van der Waals surface area (Å²) in [6.45, 7) is 5.60. The van der Waals surface area contributed by atoms with Gasteiger partial charge in [-0.3, -0.25) is 0 Å². The molecule has 3 aromatic rings. The van der Waals surface area contributed by atoms with E-state index in [4.69, 9.17) is 0 Å². The Balaban J connectivity index is 2.16. The second-order valence-electron chi connectivity index (χ2n) is 5.59. The first-order chi connectivity index (χ1) is 9.25. The molecule has 4 rings (SSSR count). The largest absolute Gasteiger partial charge is 0.354 e. The van der Waals surface area contributed by atoms with Crippen LogP contribution in [0.4, 0.5) is 0 Å². The third kappa shape index (κ3) is 1.47. The lowest BCUT2D eigenvalue weighted by atomic mass is 9.89. The third-order valence-corrected chi connectivity index (χ3v) is 4.51. The number of H-pyrrole nitrogens is 1. The zero-order chi connectivity index (χ0) is 13.0. The number of hydrogen-bond donors (Lipinski definition) is 2. The molecule has 96 valence electrons. The fourth-order valence-electron chi connectivity index (χ4n) is 3.46. The van der Waals surface area contributed by atoms with Crippen molar-refractivity contribution in [2.75, 3.05) is 6.54 Å². The van der Waals surface area contributed by atoms with Crippen LogP contribution in [-0.2, 0) is 6.42 Å². The van der Waals surface area contributed by atoms with Crippen molar-refractivity contribution < 1.29 is 0 Å². The summed E-state index contributed by atoms with van der Waals surface area (Å²) < 4.78 is 0. The van der Waals surface area contributed by atoms with Crippen LogP contribution in [0.15, 0.2) is 30.3 Å². The molecule has 0 saturated heterocycles. The number of nitrogens with one attached hydrogen (secondary N) is 2. The normalized spacial score (nSPS) is 18.9. The lowest BCUT2D eigenvalue weighted by Gasteiger charge is -2.25. The predicted octanol–water partition coefficient (Wildman–Crippen LogP) is 3.84. The maximum atomic E-state index is 3.59. The van der Waals surface area contributed by atoms with Crippen molar-refractivity contribution in [2.24, 2.45) is 0 Å². The van der Waals surface area contributed by atoms with E-state index < -0.39 is 0 Å². The molecule has 2 N–H and O–H groups in total. The molecule has 0 bridgehead atoms. The summed E-state index contributed by atoms with van der Waals surface area (Å²) in [4.78, 5) is 3.59. The second kappa shape index (κ2) is 3.84. The van der Waals surface area contributed by atoms with Gasteiger partial charge in [0.25, 0.3) is 0 Å². The Bertz CT molecular complexity index is 783. The molecule has 0 aliphatic carbocycles. The van der Waals surface area contributed by atoms with Gasteiger partial charge in [0.2, 0.25) is 0 Å². The lowest BCUT2D eigenvalue weighted by molar-refractivity contribution is 0.540. The summed E-state index contributed by atoms with van der Waals surface area (Å²) in [5, 5.41) is 6.26. The quantitative estimate of drug-likeness (QED) is 0.623. The SMILES string of the molecule is Cc1c2c(cc3c1[nH]c1ccccc13)C(C)NCC2. The minimum Gasteiger partial charge on any atom is -0.354 e. The highest BCUT2D eigenvalue weighted by atomic mass is 14.9. The molecule has 0 radical (unpaired) electrons. The number of fused-ring (bicyclic) bond motifs is 4. The Morgan fingerprint density at radius 1 is 1.16 bits per heavy atom. The van der Waals surface area contributed by atoms with Gasteiger partial charge in [0.1, 0.15) is 0 Å². The molecule has 0 amide bonds. The molecule has 0 spiro atoms. The minimum atomic E-state index is 0.459. The summed E-state index contributed by atoms with van der Waals surface area (Å²) >= 11 is 0. The van der Waals surface area contributed by atoms with E-state index in [1.54, 1.807) is 0 Å². The van der Waals surface area contributed by atoms with Gasteiger partial charge < -0.3 is 10.3 Å². The second-order valence-corrected chi connectivity index (χ2v) is 5.59. The first-order valence-electron chi connectivity index (χ1n) is 7.02. The van der Waals surface area contributed by atoms with E-state index in [0.717, 1.165) is 13.0 Å². The molecular formula is C17H18N2. The number of rotatable bonds is 0. The van der Waals surface area contributed by atoms with Crippen LogP contribution >= 0.6 is 0 Å². The summed E-state index contributed by atoms with van der Waals surface area (Å²) in [5.41, 5.74) is 6.99. The molecule has 1 aliphatic heterocycles. The molecule has 1 aromatic heterocycles. The van der Waals surface area contributed by atoms with Gasteiger partial charge >= 0.3 is 0 Å². The van der Waals surface area contributed by atoms with Crippen LogP contribution in [0.25, 0.3) is 21.8 Å². The van der Waals surface area contributed by atoms with Gasteiger partial charge in [-0.05, 0) is 55.6 Å². The predicted molar refractivity (Wildman–Crippen MR) is 80.7 cm³/mol. The van der Waals surface area contributed by atoms with Crippen molar-refractivity contribution in [3.05, 3.63) is 47.0 Å². The van der Waals surface area contributed by atoms with E-state index in [0.29, 0.717) is 6.04 Å². The molecule has 2 aromatic carbocycles. The minimum absolute atomic E-state index is 0.459. The molecule has 2 nitrogen and oxygen atoms in total. The average Bonchev–Trinajstić information content (AvgIpc) is 2.80. The lowest BCUT2D eigenvalue weighted by Crippen LogP contribution is -2.28. The van der Waals surface area contributed by atoms with Crippen molar-refractivity contribution in [3.63, 3.8) is 0 Å². The van der Waals surface area contributed by atoms with Gasteiger partial charge in [0.15, 0.2) is 0 Å². The molecule has 2 heterocycles. The first-order valence-corrected chi connectivity index (χ1v) is 7.02.